The number of ether oxygens (including phenoxy) is 1. The molecule has 8 heteroatoms. The average molecular weight is 421 g/mol. The topological polar surface area (TPSA) is 61.2 Å². The Morgan fingerprint density at radius 3 is 2.48 bits per heavy atom. The highest BCUT2D eigenvalue weighted by molar-refractivity contribution is 8.13. The standard InChI is InChI=1S/C19H14Cl2N2O3S/c1-11-16(17(24)14-9-8-12(20)10-15(14)21)18(23(2)22-11)26-19(25)27-13-6-4-3-5-7-13/h3-10H,1-2H3. The SMILES string of the molecule is Cc1nn(C)c(OC(=O)Sc2ccccc2)c1C(=O)c1ccc(Cl)cc1Cl. The molecule has 0 aliphatic rings. The zero-order chi connectivity index (χ0) is 19.6. The molecule has 0 aliphatic carbocycles. The van der Waals surface area contributed by atoms with E-state index in [1.54, 1.807) is 32.2 Å². The van der Waals surface area contributed by atoms with Crippen molar-refractivity contribution in [1.29, 1.82) is 0 Å². The lowest BCUT2D eigenvalue weighted by Crippen LogP contribution is -2.10. The van der Waals surface area contributed by atoms with Crippen LogP contribution in [0.15, 0.2) is 53.4 Å². The molecule has 27 heavy (non-hydrogen) atoms. The minimum Gasteiger partial charge on any atom is -0.399 e. The van der Waals surface area contributed by atoms with Gasteiger partial charge in [0.05, 0.1) is 10.7 Å². The normalized spacial score (nSPS) is 10.7. The van der Waals surface area contributed by atoms with Gasteiger partial charge >= 0.3 is 5.30 Å². The Hall–Kier alpha value is -2.28. The van der Waals surface area contributed by atoms with Gasteiger partial charge < -0.3 is 4.74 Å². The second-order valence-electron chi connectivity index (χ2n) is 5.61. The Morgan fingerprint density at radius 2 is 1.81 bits per heavy atom. The largest absolute Gasteiger partial charge is 0.399 e. The van der Waals surface area contributed by atoms with Crippen molar-refractivity contribution in [3.8, 4) is 5.88 Å². The van der Waals surface area contributed by atoms with Gasteiger partial charge in [-0.3, -0.25) is 4.79 Å². The van der Waals surface area contributed by atoms with Gasteiger partial charge in [-0.1, -0.05) is 41.4 Å². The fourth-order valence-electron chi connectivity index (χ4n) is 2.51. The number of rotatable bonds is 4. The minimum absolute atomic E-state index is 0.0666. The number of ketones is 1. The summed E-state index contributed by atoms with van der Waals surface area (Å²) in [5, 5.41) is 4.27. The van der Waals surface area contributed by atoms with Crippen LogP contribution in [0.2, 0.25) is 10.0 Å². The van der Waals surface area contributed by atoms with E-state index >= 15 is 0 Å². The molecular formula is C19H14Cl2N2O3S. The highest BCUT2D eigenvalue weighted by Gasteiger charge is 2.26. The van der Waals surface area contributed by atoms with Gasteiger partial charge in [0.15, 0.2) is 0 Å². The van der Waals surface area contributed by atoms with Crippen LogP contribution in [-0.2, 0) is 7.05 Å². The van der Waals surface area contributed by atoms with Crippen LogP contribution in [0, 0.1) is 6.92 Å². The van der Waals surface area contributed by atoms with Crippen molar-refractivity contribution in [1.82, 2.24) is 9.78 Å². The van der Waals surface area contributed by atoms with Gasteiger partial charge in [0.1, 0.15) is 5.56 Å². The Balaban J connectivity index is 1.91. The van der Waals surface area contributed by atoms with Crippen LogP contribution in [0.3, 0.4) is 0 Å². The molecule has 0 amide bonds. The average Bonchev–Trinajstić information content (AvgIpc) is 2.88. The molecule has 1 aromatic heterocycles. The fourth-order valence-corrected chi connectivity index (χ4v) is 3.61. The lowest BCUT2D eigenvalue weighted by molar-refractivity contribution is 0.103. The Morgan fingerprint density at radius 1 is 1.11 bits per heavy atom. The zero-order valence-corrected chi connectivity index (χ0v) is 16.7. The molecular weight excluding hydrogens is 407 g/mol. The number of thioether (sulfide) groups is 1. The third kappa shape index (κ3) is 4.35. The number of benzene rings is 2. The van der Waals surface area contributed by atoms with Gasteiger partial charge in [-0.2, -0.15) is 5.10 Å². The van der Waals surface area contributed by atoms with Crippen molar-refractivity contribution >= 4 is 46.0 Å². The summed E-state index contributed by atoms with van der Waals surface area (Å²) in [6, 6.07) is 13.7. The molecule has 3 rings (SSSR count). The first kappa shape index (κ1) is 19.5. The molecule has 0 fully saturated rings. The molecule has 1 heterocycles. The smallest absolute Gasteiger partial charge is 0.378 e. The Kier molecular flexibility index (Phi) is 5.89. The van der Waals surface area contributed by atoms with E-state index in [1.165, 1.54) is 16.8 Å². The first-order chi connectivity index (χ1) is 12.9. The molecule has 0 atom stereocenters. The molecule has 3 aromatic rings. The molecule has 0 unspecified atom stereocenters. The molecule has 0 radical (unpaired) electrons. The molecule has 5 nitrogen and oxygen atoms in total. The van der Waals surface area contributed by atoms with Crippen molar-refractivity contribution in [2.75, 3.05) is 0 Å². The van der Waals surface area contributed by atoms with Crippen LogP contribution in [-0.4, -0.2) is 20.9 Å². The first-order valence-electron chi connectivity index (χ1n) is 7.85. The molecule has 0 bridgehead atoms. The van der Waals surface area contributed by atoms with Crippen molar-refractivity contribution in [2.45, 2.75) is 11.8 Å². The van der Waals surface area contributed by atoms with Gasteiger partial charge in [-0.05, 0) is 49.0 Å². The number of carbonyl (C=O) groups is 2. The van der Waals surface area contributed by atoms with E-state index in [-0.39, 0.29) is 22.0 Å². The summed E-state index contributed by atoms with van der Waals surface area (Å²) in [4.78, 5) is 26.0. The second kappa shape index (κ2) is 8.17. The van der Waals surface area contributed by atoms with Gasteiger partial charge in [-0.25, -0.2) is 9.48 Å². The maximum atomic E-state index is 13.0. The maximum Gasteiger partial charge on any atom is 0.378 e. The molecule has 0 N–H and O–H groups in total. The van der Waals surface area contributed by atoms with E-state index in [1.807, 2.05) is 18.2 Å². The molecule has 0 aliphatic heterocycles. The number of nitrogens with zero attached hydrogens (tertiary/aromatic N) is 2. The number of carbonyl (C=O) groups excluding carboxylic acids is 2. The van der Waals surface area contributed by atoms with E-state index < -0.39 is 11.1 Å². The summed E-state index contributed by atoms with van der Waals surface area (Å²) in [6.07, 6.45) is 0. The lowest BCUT2D eigenvalue weighted by Gasteiger charge is -2.08. The van der Waals surface area contributed by atoms with Gasteiger partial charge in [0.2, 0.25) is 11.7 Å². The summed E-state index contributed by atoms with van der Waals surface area (Å²) in [5.74, 6) is -0.327. The van der Waals surface area contributed by atoms with Crippen LogP contribution in [0.25, 0.3) is 0 Å². The summed E-state index contributed by atoms with van der Waals surface area (Å²) in [7, 11) is 1.60. The van der Waals surface area contributed by atoms with E-state index in [2.05, 4.69) is 5.10 Å². The predicted molar refractivity (Wildman–Crippen MR) is 106 cm³/mol. The van der Waals surface area contributed by atoms with Gasteiger partial charge in [0.25, 0.3) is 0 Å². The highest BCUT2D eigenvalue weighted by atomic mass is 35.5. The molecule has 0 saturated carbocycles. The van der Waals surface area contributed by atoms with E-state index in [4.69, 9.17) is 27.9 Å². The number of hydrogen-bond donors (Lipinski definition) is 0. The first-order valence-corrected chi connectivity index (χ1v) is 9.42. The van der Waals surface area contributed by atoms with Crippen LogP contribution in [0.4, 0.5) is 4.79 Å². The predicted octanol–water partition coefficient (Wildman–Crippen LogP) is 5.56. The van der Waals surface area contributed by atoms with Crippen molar-refractivity contribution in [3.63, 3.8) is 0 Å². The fraction of sp³-hybridized carbons (Fsp3) is 0.105. The summed E-state index contributed by atoms with van der Waals surface area (Å²) >= 11 is 13.0. The van der Waals surface area contributed by atoms with Crippen LogP contribution < -0.4 is 4.74 Å². The summed E-state index contributed by atoms with van der Waals surface area (Å²) in [5.41, 5.74) is 0.870. The summed E-state index contributed by atoms with van der Waals surface area (Å²) in [6.45, 7) is 1.67. The highest BCUT2D eigenvalue weighted by Crippen LogP contribution is 2.30. The number of halogens is 2. The van der Waals surface area contributed by atoms with Crippen molar-refractivity contribution < 1.29 is 14.3 Å². The third-order valence-corrected chi connectivity index (χ3v) is 5.00. The minimum atomic E-state index is -0.569. The van der Waals surface area contributed by atoms with Gasteiger partial charge in [-0.15, -0.1) is 0 Å². The summed E-state index contributed by atoms with van der Waals surface area (Å²) < 4.78 is 6.80. The van der Waals surface area contributed by atoms with E-state index in [0.29, 0.717) is 10.7 Å². The van der Waals surface area contributed by atoms with E-state index in [0.717, 1.165) is 16.7 Å². The number of aromatic nitrogens is 2. The lowest BCUT2D eigenvalue weighted by atomic mass is 10.0. The second-order valence-corrected chi connectivity index (χ2v) is 7.46. The van der Waals surface area contributed by atoms with Crippen LogP contribution in [0.5, 0.6) is 5.88 Å². The van der Waals surface area contributed by atoms with Crippen molar-refractivity contribution in [2.24, 2.45) is 7.05 Å². The number of aryl methyl sites for hydroxylation is 2. The molecule has 138 valence electrons. The van der Waals surface area contributed by atoms with Crippen LogP contribution in [0.1, 0.15) is 21.6 Å². The van der Waals surface area contributed by atoms with E-state index in [9.17, 15) is 9.59 Å². The Bertz CT molecular complexity index is 1020. The molecule has 0 spiro atoms. The van der Waals surface area contributed by atoms with Gasteiger partial charge in [0, 0.05) is 22.5 Å². The maximum absolute atomic E-state index is 13.0. The monoisotopic (exact) mass is 420 g/mol. The third-order valence-electron chi connectivity index (χ3n) is 3.70. The van der Waals surface area contributed by atoms with Crippen molar-refractivity contribution in [3.05, 3.63) is 75.4 Å². The zero-order valence-electron chi connectivity index (χ0n) is 14.4. The molecule has 2 aromatic carbocycles. The number of hydrogen-bond acceptors (Lipinski definition) is 5. The Labute approximate surface area is 170 Å². The molecule has 0 saturated heterocycles. The quantitative estimate of drug-likeness (QED) is 0.314. The van der Waals surface area contributed by atoms with Crippen LogP contribution >= 0.6 is 35.0 Å².